The minimum absolute atomic E-state index is 0.233. The molecule has 0 aromatic carbocycles. The average molecular weight is 259 g/mol. The van der Waals surface area contributed by atoms with Crippen LogP contribution in [0.5, 0.6) is 0 Å². The molecular weight excluding hydrogens is 234 g/mol. The Labute approximate surface area is 116 Å². The van der Waals surface area contributed by atoms with E-state index in [0.717, 1.165) is 13.1 Å². The molecule has 3 heteroatoms. The summed E-state index contributed by atoms with van der Waals surface area (Å²) in [4.78, 5) is 6.77. The van der Waals surface area contributed by atoms with Crippen LogP contribution in [0.25, 0.3) is 0 Å². The van der Waals surface area contributed by atoms with Gasteiger partial charge in [-0.15, -0.1) is 0 Å². The molecule has 1 saturated heterocycles. The summed E-state index contributed by atoms with van der Waals surface area (Å²) >= 11 is 0. The van der Waals surface area contributed by atoms with E-state index in [9.17, 15) is 0 Å². The van der Waals surface area contributed by atoms with E-state index in [4.69, 9.17) is 0 Å². The van der Waals surface area contributed by atoms with Crippen molar-refractivity contribution in [3.8, 4) is 0 Å². The first-order chi connectivity index (χ1) is 9.10. The second-order valence-corrected chi connectivity index (χ2v) is 6.86. The third kappa shape index (κ3) is 2.67. The first-order valence-electron chi connectivity index (χ1n) is 7.49. The summed E-state index contributed by atoms with van der Waals surface area (Å²) in [6.45, 7) is 8.02. The Hall–Kier alpha value is -0.930. The predicted molar refractivity (Wildman–Crippen MR) is 77.9 cm³/mol. The predicted octanol–water partition coefficient (Wildman–Crippen LogP) is 2.58. The van der Waals surface area contributed by atoms with Gasteiger partial charge in [0.2, 0.25) is 0 Å². The lowest BCUT2D eigenvalue weighted by Gasteiger charge is -2.51. The van der Waals surface area contributed by atoms with E-state index in [1.54, 1.807) is 0 Å². The lowest BCUT2D eigenvalue weighted by atomic mass is 9.87. The fourth-order valence-corrected chi connectivity index (χ4v) is 3.52. The first kappa shape index (κ1) is 13.1. The minimum Gasteiger partial charge on any atom is -0.308 e. The molecule has 1 N–H and O–H groups in total. The van der Waals surface area contributed by atoms with E-state index in [2.05, 4.69) is 41.2 Å². The van der Waals surface area contributed by atoms with Crippen molar-refractivity contribution in [2.24, 2.45) is 0 Å². The van der Waals surface area contributed by atoms with Crippen molar-refractivity contribution >= 4 is 0 Å². The van der Waals surface area contributed by atoms with E-state index in [1.807, 2.05) is 12.4 Å². The van der Waals surface area contributed by atoms with Crippen molar-refractivity contribution in [1.82, 2.24) is 15.2 Å². The number of pyridine rings is 1. The number of nitrogens with zero attached hydrogens (tertiary/aromatic N) is 2. The number of nitrogens with one attached hydrogen (secondary N) is 1. The monoisotopic (exact) mass is 259 g/mol. The Balaban J connectivity index is 1.76. The Morgan fingerprint density at radius 2 is 1.89 bits per heavy atom. The third-order valence-corrected chi connectivity index (χ3v) is 4.93. The normalized spacial score (nSPS) is 25.8. The SMILES string of the molecule is CC1(C)CNC2(CCCC2)CN1Cc1ccncc1. The summed E-state index contributed by atoms with van der Waals surface area (Å²) < 4.78 is 0. The molecule has 104 valence electrons. The van der Waals surface area contributed by atoms with Gasteiger partial charge in [0.1, 0.15) is 0 Å². The first-order valence-corrected chi connectivity index (χ1v) is 7.49. The average Bonchev–Trinajstić information content (AvgIpc) is 2.85. The zero-order chi connectivity index (χ0) is 13.3. The van der Waals surface area contributed by atoms with Gasteiger partial charge >= 0.3 is 0 Å². The molecule has 19 heavy (non-hydrogen) atoms. The van der Waals surface area contributed by atoms with Crippen LogP contribution < -0.4 is 5.32 Å². The highest BCUT2D eigenvalue weighted by atomic mass is 15.3. The van der Waals surface area contributed by atoms with Crippen LogP contribution in [-0.4, -0.2) is 34.1 Å². The number of hydrogen-bond donors (Lipinski definition) is 1. The summed E-state index contributed by atoms with van der Waals surface area (Å²) in [5, 5.41) is 3.85. The van der Waals surface area contributed by atoms with Gasteiger partial charge in [-0.3, -0.25) is 9.88 Å². The van der Waals surface area contributed by atoms with Crippen molar-refractivity contribution in [1.29, 1.82) is 0 Å². The standard InChI is InChI=1S/C16H25N3/c1-15(2)12-18-16(7-3-4-8-16)13-19(15)11-14-5-9-17-10-6-14/h5-6,9-10,18H,3-4,7-8,11-13H2,1-2H3. The number of hydrogen-bond acceptors (Lipinski definition) is 3. The highest BCUT2D eigenvalue weighted by molar-refractivity contribution is 5.12. The van der Waals surface area contributed by atoms with E-state index < -0.39 is 0 Å². The van der Waals surface area contributed by atoms with E-state index in [-0.39, 0.29) is 5.54 Å². The van der Waals surface area contributed by atoms with Gasteiger partial charge in [0, 0.05) is 43.1 Å². The molecule has 1 aromatic rings. The highest BCUT2D eigenvalue weighted by Crippen LogP contribution is 2.36. The second kappa shape index (κ2) is 4.88. The molecule has 1 spiro atoms. The second-order valence-electron chi connectivity index (χ2n) is 6.86. The van der Waals surface area contributed by atoms with Crippen LogP contribution in [0.4, 0.5) is 0 Å². The minimum atomic E-state index is 0.233. The van der Waals surface area contributed by atoms with Gasteiger partial charge < -0.3 is 5.32 Å². The van der Waals surface area contributed by atoms with Crippen LogP contribution in [0.3, 0.4) is 0 Å². The van der Waals surface area contributed by atoms with Crippen LogP contribution >= 0.6 is 0 Å². The van der Waals surface area contributed by atoms with Crippen LogP contribution in [0, 0.1) is 0 Å². The molecule has 0 bridgehead atoms. The molecule has 1 saturated carbocycles. The molecule has 3 rings (SSSR count). The molecule has 2 heterocycles. The van der Waals surface area contributed by atoms with Crippen molar-refractivity contribution < 1.29 is 0 Å². The molecule has 0 radical (unpaired) electrons. The zero-order valence-electron chi connectivity index (χ0n) is 12.2. The van der Waals surface area contributed by atoms with Crippen LogP contribution in [0.2, 0.25) is 0 Å². The number of rotatable bonds is 2. The maximum absolute atomic E-state index is 4.11. The topological polar surface area (TPSA) is 28.2 Å². The molecule has 0 unspecified atom stereocenters. The fourth-order valence-electron chi connectivity index (χ4n) is 3.52. The fraction of sp³-hybridized carbons (Fsp3) is 0.688. The van der Waals surface area contributed by atoms with Gasteiger partial charge in [-0.05, 0) is 44.4 Å². The summed E-state index contributed by atoms with van der Waals surface area (Å²) in [6, 6.07) is 4.28. The Morgan fingerprint density at radius 3 is 2.58 bits per heavy atom. The van der Waals surface area contributed by atoms with Gasteiger partial charge in [-0.1, -0.05) is 12.8 Å². The smallest absolute Gasteiger partial charge is 0.0309 e. The Bertz CT molecular complexity index is 421. The van der Waals surface area contributed by atoms with Crippen molar-refractivity contribution in [3.05, 3.63) is 30.1 Å². The maximum Gasteiger partial charge on any atom is 0.0309 e. The largest absolute Gasteiger partial charge is 0.308 e. The van der Waals surface area contributed by atoms with Crippen LogP contribution in [-0.2, 0) is 6.54 Å². The number of aromatic nitrogens is 1. The molecule has 0 amide bonds. The van der Waals surface area contributed by atoms with Gasteiger partial charge in [0.25, 0.3) is 0 Å². The van der Waals surface area contributed by atoms with Crippen molar-refractivity contribution in [3.63, 3.8) is 0 Å². The lowest BCUT2D eigenvalue weighted by molar-refractivity contribution is 0.0217. The van der Waals surface area contributed by atoms with E-state index >= 15 is 0 Å². The molecular formula is C16H25N3. The number of piperazine rings is 1. The summed E-state index contributed by atoms with van der Waals surface area (Å²) in [6.07, 6.45) is 9.25. The maximum atomic E-state index is 4.11. The van der Waals surface area contributed by atoms with Crippen LogP contribution in [0.15, 0.2) is 24.5 Å². The molecule has 1 aliphatic carbocycles. The molecule has 1 aromatic heterocycles. The molecule has 3 nitrogen and oxygen atoms in total. The third-order valence-electron chi connectivity index (χ3n) is 4.93. The van der Waals surface area contributed by atoms with Gasteiger partial charge in [0.15, 0.2) is 0 Å². The van der Waals surface area contributed by atoms with Crippen LogP contribution in [0.1, 0.15) is 45.1 Å². The summed E-state index contributed by atoms with van der Waals surface area (Å²) in [5.41, 5.74) is 2.00. The molecule has 1 aliphatic heterocycles. The summed E-state index contributed by atoms with van der Waals surface area (Å²) in [5.74, 6) is 0. The highest BCUT2D eigenvalue weighted by Gasteiger charge is 2.43. The van der Waals surface area contributed by atoms with Gasteiger partial charge in [0.05, 0.1) is 0 Å². The van der Waals surface area contributed by atoms with Crippen molar-refractivity contribution in [2.75, 3.05) is 13.1 Å². The molecule has 2 fully saturated rings. The van der Waals surface area contributed by atoms with E-state index in [1.165, 1.54) is 37.8 Å². The van der Waals surface area contributed by atoms with Gasteiger partial charge in [-0.2, -0.15) is 0 Å². The van der Waals surface area contributed by atoms with Gasteiger partial charge in [-0.25, -0.2) is 0 Å². The quantitative estimate of drug-likeness (QED) is 0.885. The lowest BCUT2D eigenvalue weighted by Crippen LogP contribution is -2.66. The summed E-state index contributed by atoms with van der Waals surface area (Å²) in [7, 11) is 0. The molecule has 2 aliphatic rings. The van der Waals surface area contributed by atoms with Crippen molar-refractivity contribution in [2.45, 2.75) is 57.2 Å². The van der Waals surface area contributed by atoms with E-state index in [0.29, 0.717) is 5.54 Å². The molecule has 0 atom stereocenters. The Morgan fingerprint density at radius 1 is 1.21 bits per heavy atom. The Kier molecular flexibility index (Phi) is 3.35. The zero-order valence-corrected chi connectivity index (χ0v) is 12.2.